The molecule has 0 bridgehead atoms. The number of anilines is 1. The van der Waals surface area contributed by atoms with E-state index in [0.717, 1.165) is 61.9 Å². The van der Waals surface area contributed by atoms with E-state index >= 15 is 0 Å². The molecule has 0 amide bonds. The van der Waals surface area contributed by atoms with Gasteiger partial charge in [0.05, 0.1) is 7.11 Å². The van der Waals surface area contributed by atoms with Crippen molar-refractivity contribution in [1.82, 2.24) is 0 Å². The van der Waals surface area contributed by atoms with Crippen LogP contribution in [0.1, 0.15) is 52.4 Å². The van der Waals surface area contributed by atoms with Gasteiger partial charge in [0.1, 0.15) is 5.75 Å². The number of benzene rings is 2. The van der Waals surface area contributed by atoms with E-state index in [1.807, 2.05) is 18.2 Å². The van der Waals surface area contributed by atoms with Gasteiger partial charge in [-0.2, -0.15) is 0 Å². The first-order valence-corrected chi connectivity index (χ1v) is 9.88. The zero-order chi connectivity index (χ0) is 19.7. The highest BCUT2D eigenvalue weighted by Crippen LogP contribution is 2.43. The van der Waals surface area contributed by atoms with Crippen molar-refractivity contribution in [3.05, 3.63) is 58.1 Å². The van der Waals surface area contributed by atoms with Crippen molar-refractivity contribution in [2.24, 2.45) is 0 Å². The number of rotatable bonds is 5. The van der Waals surface area contributed by atoms with Crippen molar-refractivity contribution in [2.75, 3.05) is 25.1 Å². The first-order valence-electron chi connectivity index (χ1n) is 9.88. The number of carbonyl (C=O) groups is 2. The summed E-state index contributed by atoms with van der Waals surface area (Å²) in [6, 6.07) is 9.37. The van der Waals surface area contributed by atoms with Gasteiger partial charge in [-0.3, -0.25) is 9.59 Å². The third kappa shape index (κ3) is 3.24. The van der Waals surface area contributed by atoms with Crippen LogP contribution in [0.4, 0.5) is 5.69 Å². The van der Waals surface area contributed by atoms with Gasteiger partial charge in [0.25, 0.3) is 0 Å². The predicted molar refractivity (Wildman–Crippen MR) is 112 cm³/mol. The van der Waals surface area contributed by atoms with Crippen molar-refractivity contribution < 1.29 is 14.3 Å². The summed E-state index contributed by atoms with van der Waals surface area (Å²) in [6.07, 6.45) is 7.15. The number of methoxy groups -OCH3 is 1. The number of aryl methyl sites for hydroxylation is 1. The first-order chi connectivity index (χ1) is 13.6. The van der Waals surface area contributed by atoms with E-state index in [9.17, 15) is 9.59 Å². The fourth-order valence-electron chi connectivity index (χ4n) is 4.45. The molecule has 0 atom stereocenters. The summed E-state index contributed by atoms with van der Waals surface area (Å²) >= 11 is 0. The first kappa shape index (κ1) is 18.5. The van der Waals surface area contributed by atoms with E-state index in [1.165, 1.54) is 23.7 Å². The number of ether oxygens (including phenoxy) is 1. The molecular weight excluding hydrogens is 350 g/mol. The lowest BCUT2D eigenvalue weighted by atomic mass is 9.88. The molecule has 0 aliphatic carbocycles. The van der Waals surface area contributed by atoms with Gasteiger partial charge in [-0.1, -0.05) is 24.3 Å². The van der Waals surface area contributed by atoms with Crippen LogP contribution in [-0.4, -0.2) is 32.3 Å². The standard InChI is InChI=1S/C24H25NO3/c1-16(27)17-7-9-18(10-8-17)21(15-26)14-20-13-19-5-3-11-25-12-4-6-22(23(19)25)24(20)28-2/h7-10,13-15H,3-6,11-12H2,1-2H3/b21-14+. The minimum Gasteiger partial charge on any atom is -0.496 e. The van der Waals surface area contributed by atoms with E-state index in [0.29, 0.717) is 11.1 Å². The highest BCUT2D eigenvalue weighted by Gasteiger charge is 2.27. The maximum atomic E-state index is 11.9. The van der Waals surface area contributed by atoms with E-state index in [4.69, 9.17) is 4.74 Å². The Morgan fingerprint density at radius 1 is 1.07 bits per heavy atom. The van der Waals surface area contributed by atoms with Crippen LogP contribution < -0.4 is 9.64 Å². The lowest BCUT2D eigenvalue weighted by Crippen LogP contribution is -2.34. The molecule has 4 rings (SSSR count). The van der Waals surface area contributed by atoms with Crippen molar-refractivity contribution in [1.29, 1.82) is 0 Å². The Kier molecular flexibility index (Phi) is 5.03. The van der Waals surface area contributed by atoms with Crippen LogP contribution in [0, 0.1) is 0 Å². The molecule has 0 fully saturated rings. The van der Waals surface area contributed by atoms with Crippen molar-refractivity contribution in [3.63, 3.8) is 0 Å². The Balaban J connectivity index is 1.81. The summed E-state index contributed by atoms with van der Waals surface area (Å²) < 4.78 is 5.82. The second-order valence-corrected chi connectivity index (χ2v) is 7.53. The summed E-state index contributed by atoms with van der Waals surface area (Å²) in [5.41, 5.74) is 6.96. The van der Waals surface area contributed by atoms with E-state index < -0.39 is 0 Å². The van der Waals surface area contributed by atoms with E-state index in [1.54, 1.807) is 19.2 Å². The number of hydrogen-bond acceptors (Lipinski definition) is 4. The van der Waals surface area contributed by atoms with Gasteiger partial charge in [-0.05, 0) is 55.9 Å². The predicted octanol–water partition coefficient (Wildman–Crippen LogP) is 4.34. The molecule has 0 radical (unpaired) electrons. The van der Waals surface area contributed by atoms with Crippen molar-refractivity contribution in [3.8, 4) is 5.75 Å². The van der Waals surface area contributed by atoms with Crippen molar-refractivity contribution in [2.45, 2.75) is 32.6 Å². The van der Waals surface area contributed by atoms with Crippen LogP contribution in [0.15, 0.2) is 30.3 Å². The topological polar surface area (TPSA) is 46.6 Å². The molecule has 0 spiro atoms. The number of carbonyl (C=O) groups excluding carboxylic acids is 2. The Morgan fingerprint density at radius 3 is 2.39 bits per heavy atom. The molecule has 0 N–H and O–H groups in total. The second-order valence-electron chi connectivity index (χ2n) is 7.53. The number of Topliss-reactive ketones (excluding diaryl/α,β-unsaturated/α-hetero) is 1. The van der Waals surface area contributed by atoms with Gasteiger partial charge in [0.2, 0.25) is 0 Å². The number of ketones is 1. The molecular formula is C24H25NO3. The largest absolute Gasteiger partial charge is 0.496 e. The average Bonchev–Trinajstić information content (AvgIpc) is 2.72. The van der Waals surface area contributed by atoms with Crippen LogP contribution >= 0.6 is 0 Å². The zero-order valence-electron chi connectivity index (χ0n) is 16.5. The molecule has 2 aromatic rings. The average molecular weight is 375 g/mol. The van der Waals surface area contributed by atoms with Gasteiger partial charge >= 0.3 is 0 Å². The molecule has 2 aliphatic heterocycles. The Bertz CT molecular complexity index is 955. The van der Waals surface area contributed by atoms with Crippen LogP contribution in [0.5, 0.6) is 5.75 Å². The minimum absolute atomic E-state index is 0.0168. The van der Waals surface area contributed by atoms with Gasteiger partial charge in [-0.25, -0.2) is 0 Å². The minimum atomic E-state index is 0.0168. The molecule has 0 saturated heterocycles. The lowest BCUT2D eigenvalue weighted by Gasteiger charge is -2.38. The molecule has 2 heterocycles. The maximum absolute atomic E-state index is 11.9. The van der Waals surface area contributed by atoms with Crippen LogP contribution in [-0.2, 0) is 17.6 Å². The molecule has 0 saturated carbocycles. The summed E-state index contributed by atoms with van der Waals surface area (Å²) in [5.74, 6) is 0.897. The SMILES string of the molecule is COc1c(/C=C(\C=O)c2ccc(C(C)=O)cc2)cc2c3c1CCCN3CCC2. The van der Waals surface area contributed by atoms with Crippen LogP contribution in [0.2, 0.25) is 0 Å². The number of nitrogens with zero attached hydrogens (tertiary/aromatic N) is 1. The quantitative estimate of drug-likeness (QED) is 0.338. The number of hydrogen-bond donors (Lipinski definition) is 0. The van der Waals surface area contributed by atoms with E-state index in [2.05, 4.69) is 11.0 Å². The molecule has 4 heteroatoms. The maximum Gasteiger partial charge on any atom is 0.159 e. The van der Waals surface area contributed by atoms with E-state index in [-0.39, 0.29) is 5.78 Å². The highest BCUT2D eigenvalue weighted by atomic mass is 16.5. The van der Waals surface area contributed by atoms with Gasteiger partial charge in [0, 0.05) is 41.0 Å². The third-order valence-corrected chi connectivity index (χ3v) is 5.77. The molecule has 0 aromatic heterocycles. The smallest absolute Gasteiger partial charge is 0.159 e. The summed E-state index contributed by atoms with van der Waals surface area (Å²) in [4.78, 5) is 25.8. The Hall–Kier alpha value is -2.88. The van der Waals surface area contributed by atoms with Crippen LogP contribution in [0.25, 0.3) is 11.6 Å². The number of aldehydes is 1. The second kappa shape index (κ2) is 7.63. The molecule has 28 heavy (non-hydrogen) atoms. The zero-order valence-corrected chi connectivity index (χ0v) is 16.5. The Morgan fingerprint density at radius 2 is 1.75 bits per heavy atom. The van der Waals surface area contributed by atoms with Crippen molar-refractivity contribution >= 4 is 29.4 Å². The van der Waals surface area contributed by atoms with Gasteiger partial charge in [-0.15, -0.1) is 0 Å². The molecule has 0 unspecified atom stereocenters. The fourth-order valence-corrected chi connectivity index (χ4v) is 4.45. The normalized spacial score (nSPS) is 15.8. The summed E-state index contributed by atoms with van der Waals surface area (Å²) in [6.45, 7) is 3.76. The fraction of sp³-hybridized carbons (Fsp3) is 0.333. The third-order valence-electron chi connectivity index (χ3n) is 5.77. The van der Waals surface area contributed by atoms with Gasteiger partial charge in [0.15, 0.2) is 12.1 Å². The number of allylic oxidation sites excluding steroid dienone is 1. The summed E-state index contributed by atoms with van der Waals surface area (Å²) in [7, 11) is 1.71. The molecule has 4 nitrogen and oxygen atoms in total. The summed E-state index contributed by atoms with van der Waals surface area (Å²) in [5, 5.41) is 0. The molecule has 2 aromatic carbocycles. The highest BCUT2D eigenvalue weighted by molar-refractivity contribution is 6.14. The molecule has 2 aliphatic rings. The lowest BCUT2D eigenvalue weighted by molar-refractivity contribution is -0.103. The molecule has 144 valence electrons. The van der Waals surface area contributed by atoms with Crippen LogP contribution in [0.3, 0.4) is 0 Å². The monoisotopic (exact) mass is 375 g/mol. The Labute approximate surface area is 165 Å². The van der Waals surface area contributed by atoms with Gasteiger partial charge < -0.3 is 9.64 Å².